The minimum absolute atomic E-state index is 0.00921. The van der Waals surface area contributed by atoms with E-state index in [4.69, 9.17) is 9.47 Å². The molecule has 3 aromatic rings. The summed E-state index contributed by atoms with van der Waals surface area (Å²) in [4.78, 5) is 13.0. The van der Waals surface area contributed by atoms with Crippen molar-refractivity contribution in [1.82, 2.24) is 5.32 Å². The lowest BCUT2D eigenvalue weighted by Crippen LogP contribution is -2.31. The number of hydrogen-bond acceptors (Lipinski definition) is 3. The average molecular weight is 373 g/mol. The highest BCUT2D eigenvalue weighted by atomic mass is 16.6. The molecular formula is C24H23NO3. The van der Waals surface area contributed by atoms with Gasteiger partial charge in [-0.25, -0.2) is 0 Å². The second kappa shape index (κ2) is 8.61. The third-order valence-corrected chi connectivity index (χ3v) is 4.85. The SMILES string of the molecule is O=C(NCCc1ccc2c(c1)OCCO2)C(c1ccccc1)c1ccccc1. The van der Waals surface area contributed by atoms with Gasteiger partial charge < -0.3 is 14.8 Å². The smallest absolute Gasteiger partial charge is 0.232 e. The Bertz CT molecular complexity index is 886. The summed E-state index contributed by atoms with van der Waals surface area (Å²) in [5.74, 6) is 1.26. The van der Waals surface area contributed by atoms with E-state index in [1.54, 1.807) is 0 Å². The van der Waals surface area contributed by atoms with Crippen LogP contribution in [0.4, 0.5) is 0 Å². The highest BCUT2D eigenvalue weighted by Gasteiger charge is 2.22. The first-order valence-electron chi connectivity index (χ1n) is 9.57. The minimum atomic E-state index is -0.317. The van der Waals surface area contributed by atoms with Crippen molar-refractivity contribution in [2.75, 3.05) is 19.8 Å². The Balaban J connectivity index is 1.43. The van der Waals surface area contributed by atoms with Crippen LogP contribution in [0, 0.1) is 0 Å². The number of carbonyl (C=O) groups excluding carboxylic acids is 1. The number of hydrogen-bond donors (Lipinski definition) is 1. The Labute approximate surface area is 165 Å². The van der Waals surface area contributed by atoms with Crippen LogP contribution < -0.4 is 14.8 Å². The molecular weight excluding hydrogens is 350 g/mol. The van der Waals surface area contributed by atoms with E-state index >= 15 is 0 Å². The molecule has 0 spiro atoms. The van der Waals surface area contributed by atoms with Crippen LogP contribution in [-0.2, 0) is 11.2 Å². The molecule has 1 heterocycles. The number of nitrogens with one attached hydrogen (secondary N) is 1. The van der Waals surface area contributed by atoms with Crippen LogP contribution in [0.2, 0.25) is 0 Å². The quantitative estimate of drug-likeness (QED) is 0.712. The Morgan fingerprint density at radius 1 is 0.821 bits per heavy atom. The molecule has 4 rings (SSSR count). The van der Waals surface area contributed by atoms with Crippen molar-refractivity contribution < 1.29 is 14.3 Å². The van der Waals surface area contributed by atoms with E-state index in [0.717, 1.165) is 34.6 Å². The fraction of sp³-hybridized carbons (Fsp3) is 0.208. The third-order valence-electron chi connectivity index (χ3n) is 4.85. The Morgan fingerprint density at radius 2 is 1.43 bits per heavy atom. The van der Waals surface area contributed by atoms with Crippen LogP contribution in [0.3, 0.4) is 0 Å². The predicted molar refractivity (Wildman–Crippen MR) is 109 cm³/mol. The molecule has 0 atom stereocenters. The van der Waals surface area contributed by atoms with E-state index in [2.05, 4.69) is 5.32 Å². The summed E-state index contributed by atoms with van der Waals surface area (Å²) < 4.78 is 11.2. The van der Waals surface area contributed by atoms with Crippen molar-refractivity contribution >= 4 is 5.91 Å². The average Bonchev–Trinajstić information content (AvgIpc) is 2.75. The Kier molecular flexibility index (Phi) is 5.57. The normalized spacial score (nSPS) is 12.6. The zero-order chi connectivity index (χ0) is 19.2. The maximum absolute atomic E-state index is 13.0. The van der Waals surface area contributed by atoms with Gasteiger partial charge in [-0.05, 0) is 35.2 Å². The summed E-state index contributed by atoms with van der Waals surface area (Å²) >= 11 is 0. The molecule has 28 heavy (non-hydrogen) atoms. The maximum atomic E-state index is 13.0. The minimum Gasteiger partial charge on any atom is -0.486 e. The van der Waals surface area contributed by atoms with Crippen molar-refractivity contribution in [3.8, 4) is 11.5 Å². The van der Waals surface area contributed by atoms with Crippen LogP contribution >= 0.6 is 0 Å². The first-order chi connectivity index (χ1) is 13.8. The number of benzene rings is 3. The van der Waals surface area contributed by atoms with Gasteiger partial charge in [0.2, 0.25) is 5.91 Å². The van der Waals surface area contributed by atoms with Crippen molar-refractivity contribution in [3.63, 3.8) is 0 Å². The summed E-state index contributed by atoms with van der Waals surface area (Å²) in [6.45, 7) is 1.72. The maximum Gasteiger partial charge on any atom is 0.232 e. The first-order valence-corrected chi connectivity index (χ1v) is 9.57. The zero-order valence-electron chi connectivity index (χ0n) is 15.6. The summed E-state index contributed by atoms with van der Waals surface area (Å²) in [6, 6.07) is 25.7. The van der Waals surface area contributed by atoms with Crippen molar-refractivity contribution in [1.29, 1.82) is 0 Å². The lowest BCUT2D eigenvalue weighted by Gasteiger charge is -2.19. The van der Waals surface area contributed by atoms with Gasteiger partial charge in [0.05, 0.1) is 5.92 Å². The fourth-order valence-corrected chi connectivity index (χ4v) is 3.46. The fourth-order valence-electron chi connectivity index (χ4n) is 3.46. The predicted octanol–water partition coefficient (Wildman–Crippen LogP) is 3.95. The van der Waals surface area contributed by atoms with Crippen LogP contribution in [0.25, 0.3) is 0 Å². The largest absolute Gasteiger partial charge is 0.486 e. The molecule has 142 valence electrons. The van der Waals surface area contributed by atoms with Crippen LogP contribution in [0.1, 0.15) is 22.6 Å². The molecule has 0 radical (unpaired) electrons. The van der Waals surface area contributed by atoms with Gasteiger partial charge in [0.1, 0.15) is 13.2 Å². The van der Waals surface area contributed by atoms with E-state index in [1.165, 1.54) is 0 Å². The van der Waals surface area contributed by atoms with Gasteiger partial charge in [0.25, 0.3) is 0 Å². The van der Waals surface area contributed by atoms with Crippen molar-refractivity contribution in [2.24, 2.45) is 0 Å². The van der Waals surface area contributed by atoms with E-state index in [1.807, 2.05) is 78.9 Å². The van der Waals surface area contributed by atoms with Crippen LogP contribution in [0.15, 0.2) is 78.9 Å². The van der Waals surface area contributed by atoms with Crippen LogP contribution in [-0.4, -0.2) is 25.7 Å². The second-order valence-corrected chi connectivity index (χ2v) is 6.77. The molecule has 0 aliphatic carbocycles. The van der Waals surface area contributed by atoms with Crippen LogP contribution in [0.5, 0.6) is 11.5 Å². The summed E-state index contributed by atoms with van der Waals surface area (Å²) in [5.41, 5.74) is 3.09. The molecule has 0 fully saturated rings. The molecule has 1 aliphatic heterocycles. The first kappa shape index (κ1) is 18.1. The Morgan fingerprint density at radius 3 is 2.07 bits per heavy atom. The molecule has 0 unspecified atom stereocenters. The molecule has 1 N–H and O–H groups in total. The topological polar surface area (TPSA) is 47.6 Å². The number of fused-ring (bicyclic) bond motifs is 1. The van der Waals surface area contributed by atoms with E-state index in [-0.39, 0.29) is 11.8 Å². The molecule has 4 nitrogen and oxygen atoms in total. The molecule has 0 bridgehead atoms. The molecule has 3 aromatic carbocycles. The molecule has 1 aliphatic rings. The number of rotatable bonds is 6. The highest BCUT2D eigenvalue weighted by Crippen LogP contribution is 2.31. The lowest BCUT2D eigenvalue weighted by molar-refractivity contribution is -0.121. The molecule has 0 aromatic heterocycles. The molecule has 4 heteroatoms. The zero-order valence-corrected chi connectivity index (χ0v) is 15.6. The number of carbonyl (C=O) groups is 1. The van der Waals surface area contributed by atoms with E-state index in [0.29, 0.717) is 19.8 Å². The standard InChI is InChI=1S/C24H23NO3/c26-24(23(19-7-3-1-4-8-19)20-9-5-2-6-10-20)25-14-13-18-11-12-21-22(17-18)28-16-15-27-21/h1-12,17,23H,13-16H2,(H,25,26). The summed E-state index contributed by atoms with van der Waals surface area (Å²) in [6.07, 6.45) is 0.735. The lowest BCUT2D eigenvalue weighted by atomic mass is 9.90. The summed E-state index contributed by atoms with van der Waals surface area (Å²) in [5, 5.41) is 3.10. The van der Waals surface area contributed by atoms with Gasteiger partial charge in [0.15, 0.2) is 11.5 Å². The molecule has 1 amide bonds. The summed E-state index contributed by atoms with van der Waals surface area (Å²) in [7, 11) is 0. The number of ether oxygens (including phenoxy) is 2. The monoisotopic (exact) mass is 373 g/mol. The van der Waals surface area contributed by atoms with Gasteiger partial charge in [-0.1, -0.05) is 66.7 Å². The number of amides is 1. The Hall–Kier alpha value is -3.27. The van der Waals surface area contributed by atoms with Gasteiger partial charge in [-0.3, -0.25) is 4.79 Å². The second-order valence-electron chi connectivity index (χ2n) is 6.77. The van der Waals surface area contributed by atoms with Crippen molar-refractivity contribution in [2.45, 2.75) is 12.3 Å². The van der Waals surface area contributed by atoms with E-state index in [9.17, 15) is 4.79 Å². The van der Waals surface area contributed by atoms with E-state index < -0.39 is 0 Å². The van der Waals surface area contributed by atoms with Gasteiger partial charge in [-0.2, -0.15) is 0 Å². The van der Waals surface area contributed by atoms with Crippen molar-refractivity contribution in [3.05, 3.63) is 95.6 Å². The van der Waals surface area contributed by atoms with Gasteiger partial charge >= 0.3 is 0 Å². The highest BCUT2D eigenvalue weighted by molar-refractivity contribution is 5.87. The van der Waals surface area contributed by atoms with Gasteiger partial charge in [0, 0.05) is 6.54 Å². The third kappa shape index (κ3) is 4.17. The van der Waals surface area contributed by atoms with Gasteiger partial charge in [-0.15, -0.1) is 0 Å². The molecule has 0 saturated heterocycles. The molecule has 0 saturated carbocycles.